The number of nitrogens with zero attached hydrogens (tertiary/aromatic N) is 2. The number of benzene rings is 1. The first-order chi connectivity index (χ1) is 13.3. The van der Waals surface area contributed by atoms with Crippen LogP contribution in [0.1, 0.15) is 90.9 Å². The van der Waals surface area contributed by atoms with Crippen LogP contribution in [0.2, 0.25) is 0 Å². The Balaban J connectivity index is 1.40. The van der Waals surface area contributed by atoms with Crippen molar-refractivity contribution in [2.75, 3.05) is 0 Å². The third kappa shape index (κ3) is 9.79. The second kappa shape index (κ2) is 13.6. The van der Waals surface area contributed by atoms with Gasteiger partial charge in [0, 0.05) is 0 Å². The third-order valence-corrected chi connectivity index (χ3v) is 5.44. The highest BCUT2D eigenvalue weighted by Gasteiger charge is 2.05. The van der Waals surface area contributed by atoms with E-state index in [0.717, 1.165) is 12.5 Å². The molecule has 1 aromatic heterocycles. The van der Waals surface area contributed by atoms with Crippen LogP contribution in [0.4, 0.5) is 0 Å². The number of aromatic nitrogens is 2. The van der Waals surface area contributed by atoms with Gasteiger partial charge in [-0.2, -0.15) is 0 Å². The third-order valence-electron chi connectivity index (χ3n) is 5.44. The van der Waals surface area contributed by atoms with Crippen molar-refractivity contribution in [3.8, 4) is 5.69 Å². The van der Waals surface area contributed by atoms with E-state index in [2.05, 4.69) is 72.0 Å². The quantitative estimate of drug-likeness (QED) is 0.234. The van der Waals surface area contributed by atoms with Crippen LogP contribution in [0, 0.1) is 5.92 Å². The minimum Gasteiger partial charge on any atom is -0.236 e. The molecule has 0 unspecified atom stereocenters. The van der Waals surface area contributed by atoms with Gasteiger partial charge in [-0.3, -0.25) is 0 Å². The summed E-state index contributed by atoms with van der Waals surface area (Å²) in [5.74, 6) is 0.882. The molecule has 150 valence electrons. The van der Waals surface area contributed by atoms with Gasteiger partial charge in [-0.25, -0.2) is 9.13 Å². The van der Waals surface area contributed by atoms with Crippen LogP contribution in [-0.2, 0) is 6.54 Å². The lowest BCUT2D eigenvalue weighted by Crippen LogP contribution is -2.30. The van der Waals surface area contributed by atoms with Crippen LogP contribution in [0.3, 0.4) is 0 Å². The molecule has 0 fully saturated rings. The Hall–Kier alpha value is -1.57. The molecule has 0 aliphatic heterocycles. The number of rotatable bonds is 15. The summed E-state index contributed by atoms with van der Waals surface area (Å²) in [6, 6.07) is 10.5. The summed E-state index contributed by atoms with van der Waals surface area (Å²) in [6.45, 7) is 5.80. The normalized spacial score (nSPS) is 11.4. The Kier molecular flexibility index (Phi) is 10.9. The molecule has 2 heteroatoms. The van der Waals surface area contributed by atoms with Gasteiger partial charge in [0.2, 0.25) is 6.33 Å². The Bertz CT molecular complexity index is 585. The average molecular weight is 370 g/mol. The lowest BCUT2D eigenvalue weighted by molar-refractivity contribution is -0.696. The van der Waals surface area contributed by atoms with Crippen LogP contribution in [0.5, 0.6) is 0 Å². The molecule has 2 rings (SSSR count). The molecule has 0 radical (unpaired) electrons. The zero-order valence-electron chi connectivity index (χ0n) is 17.8. The van der Waals surface area contributed by atoms with E-state index in [-0.39, 0.29) is 0 Å². The molecular formula is C25H41N2+. The molecule has 2 aromatic rings. The van der Waals surface area contributed by atoms with E-state index in [1.165, 1.54) is 82.7 Å². The number of hydrogen-bond donors (Lipinski definition) is 0. The van der Waals surface area contributed by atoms with E-state index in [1.807, 2.05) is 0 Å². The Morgan fingerprint density at radius 3 is 1.89 bits per heavy atom. The second-order valence-corrected chi connectivity index (χ2v) is 8.47. The second-order valence-electron chi connectivity index (χ2n) is 8.47. The summed E-state index contributed by atoms with van der Waals surface area (Å²) in [7, 11) is 0. The number of hydrogen-bond acceptors (Lipinski definition) is 0. The van der Waals surface area contributed by atoms with Gasteiger partial charge in [-0.05, 0) is 30.9 Å². The molecule has 0 spiro atoms. The summed E-state index contributed by atoms with van der Waals surface area (Å²) in [5, 5.41) is 0. The highest BCUT2D eigenvalue weighted by molar-refractivity contribution is 5.30. The smallest absolute Gasteiger partial charge is 0.236 e. The molecule has 0 bridgehead atoms. The summed E-state index contributed by atoms with van der Waals surface area (Å²) >= 11 is 0. The number of aryl methyl sites for hydroxylation is 1. The van der Waals surface area contributed by atoms with Crippen LogP contribution in [-0.4, -0.2) is 4.57 Å². The van der Waals surface area contributed by atoms with Gasteiger partial charge in [0.1, 0.15) is 18.1 Å². The van der Waals surface area contributed by atoms with Crippen molar-refractivity contribution in [1.29, 1.82) is 0 Å². The average Bonchev–Trinajstić information content (AvgIpc) is 3.15. The molecule has 0 N–H and O–H groups in total. The van der Waals surface area contributed by atoms with Gasteiger partial charge in [0.05, 0.1) is 6.54 Å². The number of para-hydroxylation sites is 1. The fraction of sp³-hybridized carbons (Fsp3) is 0.640. The molecular weight excluding hydrogens is 328 g/mol. The highest BCUT2D eigenvalue weighted by Crippen LogP contribution is 2.13. The summed E-state index contributed by atoms with van der Waals surface area (Å²) < 4.78 is 4.51. The van der Waals surface area contributed by atoms with Gasteiger partial charge in [-0.15, -0.1) is 0 Å². The van der Waals surface area contributed by atoms with Gasteiger partial charge in [0.15, 0.2) is 0 Å². The van der Waals surface area contributed by atoms with E-state index in [4.69, 9.17) is 0 Å². The Morgan fingerprint density at radius 1 is 0.741 bits per heavy atom. The van der Waals surface area contributed by atoms with E-state index < -0.39 is 0 Å². The maximum Gasteiger partial charge on any atom is 0.248 e. The fourth-order valence-electron chi connectivity index (χ4n) is 3.72. The SMILES string of the molecule is CC(C)CCCCCCCCCCCCC[n+]1ccn(-c2ccccc2)c1. The van der Waals surface area contributed by atoms with Crippen LogP contribution >= 0.6 is 0 Å². The maximum atomic E-state index is 2.33. The molecule has 1 heterocycles. The van der Waals surface area contributed by atoms with Crippen LogP contribution in [0.15, 0.2) is 49.1 Å². The number of imidazole rings is 1. The highest BCUT2D eigenvalue weighted by atomic mass is 15.1. The Morgan fingerprint density at radius 2 is 1.30 bits per heavy atom. The molecule has 0 aliphatic carbocycles. The van der Waals surface area contributed by atoms with Crippen molar-refractivity contribution in [2.45, 2.75) is 97.4 Å². The van der Waals surface area contributed by atoms with Crippen molar-refractivity contribution in [3.05, 3.63) is 49.1 Å². The first-order valence-electron chi connectivity index (χ1n) is 11.4. The first-order valence-corrected chi connectivity index (χ1v) is 11.4. The minimum absolute atomic E-state index is 0.882. The fourth-order valence-corrected chi connectivity index (χ4v) is 3.72. The monoisotopic (exact) mass is 369 g/mol. The molecule has 2 nitrogen and oxygen atoms in total. The predicted molar refractivity (Wildman–Crippen MR) is 116 cm³/mol. The lowest BCUT2D eigenvalue weighted by Gasteiger charge is -2.04. The topological polar surface area (TPSA) is 8.81 Å². The van der Waals surface area contributed by atoms with Gasteiger partial charge >= 0.3 is 0 Å². The zero-order valence-corrected chi connectivity index (χ0v) is 17.8. The lowest BCUT2D eigenvalue weighted by atomic mass is 10.0. The van der Waals surface area contributed by atoms with E-state index in [0.29, 0.717) is 0 Å². The van der Waals surface area contributed by atoms with E-state index in [9.17, 15) is 0 Å². The van der Waals surface area contributed by atoms with E-state index >= 15 is 0 Å². The minimum atomic E-state index is 0.882. The molecule has 1 aromatic carbocycles. The molecule has 0 saturated carbocycles. The van der Waals surface area contributed by atoms with Crippen molar-refractivity contribution in [2.24, 2.45) is 5.92 Å². The van der Waals surface area contributed by atoms with Crippen molar-refractivity contribution in [1.82, 2.24) is 4.57 Å². The largest absolute Gasteiger partial charge is 0.248 e. The predicted octanol–water partition coefficient (Wildman–Crippen LogP) is 7.10. The van der Waals surface area contributed by atoms with Crippen LogP contribution in [0.25, 0.3) is 5.69 Å². The van der Waals surface area contributed by atoms with Crippen molar-refractivity contribution < 1.29 is 4.57 Å². The molecule has 0 amide bonds. The number of unbranched alkanes of at least 4 members (excludes halogenated alkanes) is 10. The summed E-state index contributed by atoms with van der Waals surface area (Å²) in [5.41, 5.74) is 1.23. The van der Waals surface area contributed by atoms with Gasteiger partial charge in [-0.1, -0.05) is 96.3 Å². The molecule has 0 aliphatic rings. The standard InChI is InChI=1S/C25H41N2/c1-24(2)17-13-10-8-6-4-3-5-7-9-11-16-20-26-21-22-27(23-26)25-18-14-12-15-19-25/h12,14-15,18-19,21-24H,3-11,13,16-17,20H2,1-2H3/q+1. The zero-order chi connectivity index (χ0) is 19.2. The van der Waals surface area contributed by atoms with E-state index in [1.54, 1.807) is 0 Å². The summed E-state index contributed by atoms with van der Waals surface area (Å²) in [6.07, 6.45) is 23.5. The van der Waals surface area contributed by atoms with Gasteiger partial charge in [0.25, 0.3) is 0 Å². The molecule has 0 atom stereocenters. The molecule has 0 saturated heterocycles. The van der Waals surface area contributed by atoms with Crippen molar-refractivity contribution in [3.63, 3.8) is 0 Å². The summed E-state index contributed by atoms with van der Waals surface area (Å²) in [4.78, 5) is 0. The maximum absolute atomic E-state index is 2.33. The van der Waals surface area contributed by atoms with Crippen molar-refractivity contribution >= 4 is 0 Å². The van der Waals surface area contributed by atoms with Crippen LogP contribution < -0.4 is 4.57 Å². The van der Waals surface area contributed by atoms with Gasteiger partial charge < -0.3 is 0 Å². The first kappa shape index (κ1) is 21.7. The molecule has 27 heavy (non-hydrogen) atoms. The Labute approximate surface area is 167 Å².